The molecule has 3 heteroatoms. The smallest absolute Gasteiger partial charge is 0.0596 e. The van der Waals surface area contributed by atoms with Crippen LogP contribution in [0.3, 0.4) is 0 Å². The summed E-state index contributed by atoms with van der Waals surface area (Å²) in [6.45, 7) is 9.18. The lowest BCUT2D eigenvalue weighted by Crippen LogP contribution is -2.46. The van der Waals surface area contributed by atoms with Crippen LogP contribution in [0.4, 0.5) is 0 Å². The van der Waals surface area contributed by atoms with Crippen molar-refractivity contribution in [1.82, 2.24) is 4.90 Å². The number of rotatable bonds is 8. The fraction of sp³-hybridized carbons (Fsp3) is 1.00. The van der Waals surface area contributed by atoms with Crippen molar-refractivity contribution >= 4 is 0 Å². The van der Waals surface area contributed by atoms with Crippen LogP contribution in [0.1, 0.15) is 52.9 Å². The average molecular weight is 270 g/mol. The molecule has 0 bridgehead atoms. The van der Waals surface area contributed by atoms with Gasteiger partial charge < -0.3 is 15.4 Å². The van der Waals surface area contributed by atoms with E-state index < -0.39 is 0 Å². The minimum Gasteiger partial charge on any atom is -0.377 e. The summed E-state index contributed by atoms with van der Waals surface area (Å²) in [7, 11) is 2.24. The van der Waals surface area contributed by atoms with Crippen LogP contribution in [-0.4, -0.2) is 43.8 Å². The van der Waals surface area contributed by atoms with Gasteiger partial charge in [-0.2, -0.15) is 0 Å². The summed E-state index contributed by atoms with van der Waals surface area (Å²) in [5, 5.41) is 0. The van der Waals surface area contributed by atoms with Crippen LogP contribution >= 0.6 is 0 Å². The first-order chi connectivity index (χ1) is 9.08. The zero-order valence-corrected chi connectivity index (χ0v) is 13.4. The molecule has 1 fully saturated rings. The van der Waals surface area contributed by atoms with Gasteiger partial charge in [0.15, 0.2) is 0 Å². The van der Waals surface area contributed by atoms with E-state index in [-0.39, 0.29) is 0 Å². The molecule has 0 spiro atoms. The molecule has 19 heavy (non-hydrogen) atoms. The molecule has 0 aromatic heterocycles. The molecule has 2 N–H and O–H groups in total. The maximum atomic E-state index is 5.97. The van der Waals surface area contributed by atoms with Gasteiger partial charge in [0.2, 0.25) is 0 Å². The zero-order chi connectivity index (χ0) is 14.3. The molecule has 0 heterocycles. The summed E-state index contributed by atoms with van der Waals surface area (Å²) in [5.74, 6) is 1.59. The summed E-state index contributed by atoms with van der Waals surface area (Å²) in [5.41, 5.74) is 5.97. The van der Waals surface area contributed by atoms with Crippen LogP contribution in [0.25, 0.3) is 0 Å². The van der Waals surface area contributed by atoms with Crippen molar-refractivity contribution in [1.29, 1.82) is 0 Å². The van der Waals surface area contributed by atoms with Crippen molar-refractivity contribution in [2.75, 3.05) is 26.7 Å². The largest absolute Gasteiger partial charge is 0.377 e. The Kier molecular flexibility index (Phi) is 7.96. The van der Waals surface area contributed by atoms with Crippen molar-refractivity contribution < 1.29 is 4.74 Å². The summed E-state index contributed by atoms with van der Waals surface area (Å²) in [6.07, 6.45) is 7.03. The average Bonchev–Trinajstić information content (AvgIpc) is 2.38. The number of ether oxygens (including phenoxy) is 1. The van der Waals surface area contributed by atoms with E-state index in [0.717, 1.165) is 25.6 Å². The second-order valence-corrected chi connectivity index (χ2v) is 6.43. The first-order valence-electron chi connectivity index (χ1n) is 8.10. The van der Waals surface area contributed by atoms with Gasteiger partial charge in [-0.3, -0.25) is 0 Å². The lowest BCUT2D eigenvalue weighted by atomic mass is 9.76. The maximum absolute atomic E-state index is 5.97. The molecule has 3 atom stereocenters. The van der Waals surface area contributed by atoms with Crippen molar-refractivity contribution in [2.24, 2.45) is 17.6 Å². The highest BCUT2D eigenvalue weighted by Gasteiger charge is 2.31. The van der Waals surface area contributed by atoms with Crippen LogP contribution in [0.5, 0.6) is 0 Å². The predicted octanol–water partition coefficient (Wildman–Crippen LogP) is 2.89. The molecule has 1 aliphatic carbocycles. The van der Waals surface area contributed by atoms with Gasteiger partial charge in [0.05, 0.1) is 12.7 Å². The van der Waals surface area contributed by atoms with Gasteiger partial charge in [-0.05, 0) is 52.1 Å². The van der Waals surface area contributed by atoms with Gasteiger partial charge in [-0.15, -0.1) is 0 Å². The van der Waals surface area contributed by atoms with Crippen molar-refractivity contribution in [3.63, 3.8) is 0 Å². The van der Waals surface area contributed by atoms with E-state index in [1.807, 2.05) is 0 Å². The lowest BCUT2D eigenvalue weighted by Gasteiger charge is -2.41. The highest BCUT2D eigenvalue weighted by molar-refractivity contribution is 4.86. The molecule has 0 aliphatic heterocycles. The Bertz CT molecular complexity index is 233. The standard InChI is InChI=1S/C16H34N2O/c1-5-6-14-7-8-15(12-17)16(11-14)18(4)9-10-19-13(2)3/h13-16H,5-12,17H2,1-4H3. The van der Waals surface area contributed by atoms with Crippen LogP contribution in [-0.2, 0) is 4.74 Å². The van der Waals surface area contributed by atoms with E-state index in [9.17, 15) is 0 Å². The summed E-state index contributed by atoms with van der Waals surface area (Å²) < 4.78 is 5.67. The third-order valence-corrected chi connectivity index (χ3v) is 4.53. The first-order valence-corrected chi connectivity index (χ1v) is 8.10. The Morgan fingerprint density at radius 2 is 2.05 bits per heavy atom. The lowest BCUT2D eigenvalue weighted by molar-refractivity contribution is 0.0347. The molecule has 3 unspecified atom stereocenters. The fourth-order valence-electron chi connectivity index (χ4n) is 3.38. The van der Waals surface area contributed by atoms with Crippen LogP contribution in [0.15, 0.2) is 0 Å². The Morgan fingerprint density at radius 1 is 1.32 bits per heavy atom. The molecule has 0 aromatic rings. The van der Waals surface area contributed by atoms with Gasteiger partial charge >= 0.3 is 0 Å². The second-order valence-electron chi connectivity index (χ2n) is 6.43. The molecule has 3 nitrogen and oxygen atoms in total. The fourth-order valence-corrected chi connectivity index (χ4v) is 3.38. The third kappa shape index (κ3) is 5.80. The summed E-state index contributed by atoms with van der Waals surface area (Å²) >= 11 is 0. The Morgan fingerprint density at radius 3 is 2.63 bits per heavy atom. The minimum absolute atomic E-state index is 0.331. The van der Waals surface area contributed by atoms with Crippen molar-refractivity contribution in [3.05, 3.63) is 0 Å². The second kappa shape index (κ2) is 8.93. The van der Waals surface area contributed by atoms with Crippen LogP contribution in [0, 0.1) is 11.8 Å². The number of hydrogen-bond donors (Lipinski definition) is 1. The monoisotopic (exact) mass is 270 g/mol. The first kappa shape index (κ1) is 16.9. The molecule has 0 aromatic carbocycles. The Labute approximate surface area is 119 Å². The summed E-state index contributed by atoms with van der Waals surface area (Å²) in [6, 6.07) is 0.658. The molecular weight excluding hydrogens is 236 g/mol. The van der Waals surface area contributed by atoms with Crippen LogP contribution < -0.4 is 5.73 Å². The van der Waals surface area contributed by atoms with E-state index in [1.165, 1.54) is 32.1 Å². The van der Waals surface area contributed by atoms with Crippen LogP contribution in [0.2, 0.25) is 0 Å². The van der Waals surface area contributed by atoms with Gasteiger partial charge in [-0.1, -0.05) is 26.2 Å². The molecule has 0 saturated heterocycles. The molecule has 1 saturated carbocycles. The van der Waals surface area contributed by atoms with Crippen molar-refractivity contribution in [2.45, 2.75) is 65.0 Å². The normalized spacial score (nSPS) is 28.3. The van der Waals surface area contributed by atoms with E-state index >= 15 is 0 Å². The van der Waals surface area contributed by atoms with Gasteiger partial charge in [0.1, 0.15) is 0 Å². The predicted molar refractivity (Wildman–Crippen MR) is 82.3 cm³/mol. The maximum Gasteiger partial charge on any atom is 0.0596 e. The van der Waals surface area contributed by atoms with E-state index in [0.29, 0.717) is 18.1 Å². The van der Waals surface area contributed by atoms with Gasteiger partial charge in [-0.25, -0.2) is 0 Å². The quantitative estimate of drug-likeness (QED) is 0.737. The van der Waals surface area contributed by atoms with Gasteiger partial charge in [0.25, 0.3) is 0 Å². The zero-order valence-electron chi connectivity index (χ0n) is 13.4. The minimum atomic E-state index is 0.331. The molecule has 1 aliphatic rings. The van der Waals surface area contributed by atoms with Crippen molar-refractivity contribution in [3.8, 4) is 0 Å². The van der Waals surface area contributed by atoms with E-state index in [4.69, 9.17) is 10.5 Å². The Balaban J connectivity index is 2.44. The van der Waals surface area contributed by atoms with Gasteiger partial charge in [0, 0.05) is 12.6 Å². The SMILES string of the molecule is CCCC1CCC(CN)C(N(C)CCOC(C)C)C1. The highest BCUT2D eigenvalue weighted by atomic mass is 16.5. The topological polar surface area (TPSA) is 38.5 Å². The number of nitrogens with zero attached hydrogens (tertiary/aromatic N) is 1. The summed E-state index contributed by atoms with van der Waals surface area (Å²) in [4.78, 5) is 2.49. The molecular formula is C16H34N2O. The Hall–Kier alpha value is -0.120. The van der Waals surface area contributed by atoms with E-state index in [1.54, 1.807) is 0 Å². The molecule has 114 valence electrons. The molecule has 0 radical (unpaired) electrons. The highest BCUT2D eigenvalue weighted by Crippen LogP contribution is 2.33. The molecule has 0 amide bonds. The molecule has 1 rings (SSSR count). The number of nitrogens with two attached hydrogens (primary N) is 1. The van der Waals surface area contributed by atoms with E-state index in [2.05, 4.69) is 32.7 Å². The number of hydrogen-bond acceptors (Lipinski definition) is 3. The third-order valence-electron chi connectivity index (χ3n) is 4.53. The number of likely N-dealkylation sites (N-methyl/N-ethyl adjacent to an activating group) is 1.